The van der Waals surface area contributed by atoms with E-state index in [0.717, 1.165) is 32.5 Å². The molecule has 0 aliphatic carbocycles. The molecule has 0 aromatic heterocycles. The highest BCUT2D eigenvalue weighted by molar-refractivity contribution is 6.32. The van der Waals surface area contributed by atoms with Gasteiger partial charge in [0, 0.05) is 19.1 Å². The van der Waals surface area contributed by atoms with Crippen molar-refractivity contribution in [2.45, 2.75) is 25.8 Å². The summed E-state index contributed by atoms with van der Waals surface area (Å²) in [5, 5.41) is 3.83. The van der Waals surface area contributed by atoms with Gasteiger partial charge < -0.3 is 15.0 Å². The van der Waals surface area contributed by atoms with Gasteiger partial charge in [-0.3, -0.25) is 4.79 Å². The number of hydrogen-bond donors (Lipinski definition) is 1. The van der Waals surface area contributed by atoms with Crippen molar-refractivity contribution >= 4 is 29.9 Å². The first-order chi connectivity index (χ1) is 9.72. The number of benzene rings is 1. The van der Waals surface area contributed by atoms with Crippen molar-refractivity contribution in [3.63, 3.8) is 0 Å². The van der Waals surface area contributed by atoms with Crippen molar-refractivity contribution in [1.82, 2.24) is 10.2 Å². The van der Waals surface area contributed by atoms with Crippen molar-refractivity contribution < 1.29 is 9.53 Å². The molecule has 21 heavy (non-hydrogen) atoms. The molecule has 0 saturated carbocycles. The number of rotatable bonds is 6. The van der Waals surface area contributed by atoms with Crippen LogP contribution in [-0.4, -0.2) is 43.1 Å². The van der Waals surface area contributed by atoms with E-state index in [1.807, 2.05) is 17.0 Å². The minimum Gasteiger partial charge on any atom is -0.482 e. The molecule has 0 bridgehead atoms. The highest BCUT2D eigenvalue weighted by atomic mass is 35.5. The lowest BCUT2D eigenvalue weighted by Gasteiger charge is -2.28. The predicted octanol–water partition coefficient (Wildman–Crippen LogP) is 2.74. The van der Waals surface area contributed by atoms with E-state index in [2.05, 4.69) is 12.2 Å². The molecule has 0 spiro atoms. The summed E-state index contributed by atoms with van der Waals surface area (Å²) in [5.74, 6) is 0.587. The van der Waals surface area contributed by atoms with E-state index in [9.17, 15) is 4.79 Å². The van der Waals surface area contributed by atoms with Gasteiger partial charge in [0.05, 0.1) is 5.02 Å². The second-order valence-corrected chi connectivity index (χ2v) is 5.36. The second-order valence-electron chi connectivity index (χ2n) is 4.95. The van der Waals surface area contributed by atoms with Crippen molar-refractivity contribution in [3.05, 3.63) is 29.3 Å². The summed E-state index contributed by atoms with van der Waals surface area (Å²) in [4.78, 5) is 14.3. The Kier molecular flexibility index (Phi) is 7.86. The van der Waals surface area contributed by atoms with Crippen molar-refractivity contribution in [2.75, 3.05) is 26.2 Å². The Morgan fingerprint density at radius 3 is 2.86 bits per heavy atom. The van der Waals surface area contributed by atoms with E-state index in [0.29, 0.717) is 10.8 Å². The molecule has 1 fully saturated rings. The zero-order valence-corrected chi connectivity index (χ0v) is 13.8. The Hall–Kier alpha value is -0.970. The Morgan fingerprint density at radius 1 is 1.48 bits per heavy atom. The average Bonchev–Trinajstić information content (AvgIpc) is 2.97. The summed E-state index contributed by atoms with van der Waals surface area (Å²) in [5.41, 5.74) is 0. The lowest BCUT2D eigenvalue weighted by atomic mass is 10.2. The molecule has 1 aliphatic rings. The number of carbonyl (C=O) groups excluding carboxylic acids is 1. The normalized spacial score (nSPS) is 17.1. The van der Waals surface area contributed by atoms with E-state index in [-0.39, 0.29) is 31.0 Å². The average molecular weight is 333 g/mol. The number of carbonyl (C=O) groups is 1. The summed E-state index contributed by atoms with van der Waals surface area (Å²) in [6, 6.07) is 7.50. The molecular formula is C15H22Cl2N2O2. The van der Waals surface area contributed by atoms with E-state index < -0.39 is 0 Å². The molecule has 1 aromatic rings. The zero-order chi connectivity index (χ0) is 14.4. The molecule has 1 heterocycles. The summed E-state index contributed by atoms with van der Waals surface area (Å²) in [7, 11) is 0. The lowest BCUT2D eigenvalue weighted by Crippen LogP contribution is -2.44. The van der Waals surface area contributed by atoms with Gasteiger partial charge in [-0.1, -0.05) is 30.7 Å². The molecule has 4 nitrogen and oxygen atoms in total. The fourth-order valence-electron chi connectivity index (χ4n) is 2.44. The van der Waals surface area contributed by atoms with E-state index in [1.54, 1.807) is 12.1 Å². The van der Waals surface area contributed by atoms with Crippen LogP contribution in [0.2, 0.25) is 5.02 Å². The first kappa shape index (κ1) is 18.1. The van der Waals surface area contributed by atoms with Gasteiger partial charge in [0.1, 0.15) is 5.75 Å². The van der Waals surface area contributed by atoms with Crippen LogP contribution in [0.3, 0.4) is 0 Å². The molecule has 1 aliphatic heterocycles. The number of nitrogens with one attached hydrogen (secondary N) is 1. The number of amides is 1. The molecule has 0 radical (unpaired) electrons. The lowest BCUT2D eigenvalue weighted by molar-refractivity contribution is -0.135. The van der Waals surface area contributed by atoms with Crippen molar-refractivity contribution in [3.8, 4) is 5.75 Å². The molecule has 2 rings (SSSR count). The summed E-state index contributed by atoms with van der Waals surface area (Å²) >= 11 is 6.02. The number of hydrogen-bond acceptors (Lipinski definition) is 3. The van der Waals surface area contributed by atoms with E-state index in [1.165, 1.54) is 0 Å². The molecule has 1 atom stereocenters. The number of para-hydroxylation sites is 1. The van der Waals surface area contributed by atoms with Crippen LogP contribution >= 0.6 is 24.0 Å². The maximum Gasteiger partial charge on any atom is 0.260 e. The molecule has 1 saturated heterocycles. The summed E-state index contributed by atoms with van der Waals surface area (Å²) < 4.78 is 5.54. The van der Waals surface area contributed by atoms with Gasteiger partial charge >= 0.3 is 0 Å². The monoisotopic (exact) mass is 332 g/mol. The van der Waals surface area contributed by atoms with Crippen molar-refractivity contribution in [1.29, 1.82) is 0 Å². The minimum atomic E-state index is 0. The fraction of sp³-hybridized carbons (Fsp3) is 0.533. The van der Waals surface area contributed by atoms with Crippen molar-refractivity contribution in [2.24, 2.45) is 0 Å². The van der Waals surface area contributed by atoms with Gasteiger partial charge in [0.2, 0.25) is 0 Å². The highest BCUT2D eigenvalue weighted by Gasteiger charge is 2.26. The molecular weight excluding hydrogens is 311 g/mol. The maximum absolute atomic E-state index is 12.3. The van der Waals surface area contributed by atoms with Gasteiger partial charge in [-0.2, -0.15) is 0 Å². The third-order valence-corrected chi connectivity index (χ3v) is 3.76. The van der Waals surface area contributed by atoms with E-state index in [4.69, 9.17) is 16.3 Å². The van der Waals surface area contributed by atoms with Gasteiger partial charge in [-0.15, -0.1) is 12.4 Å². The van der Waals surface area contributed by atoms with Crippen LogP contribution in [-0.2, 0) is 4.79 Å². The van der Waals surface area contributed by atoms with Crippen LogP contribution in [0.4, 0.5) is 0 Å². The minimum absolute atomic E-state index is 0. The van der Waals surface area contributed by atoms with Gasteiger partial charge in [0.25, 0.3) is 5.91 Å². The second kappa shape index (κ2) is 9.13. The maximum atomic E-state index is 12.3. The standard InChI is InChI=1S/C15H21ClN2O2.ClH/c1-2-9-18(12-7-8-17-10-12)15(19)11-20-14-6-4-3-5-13(14)16;/h3-6,12,17H,2,7-11H2,1H3;1H. The van der Waals surface area contributed by atoms with Gasteiger partial charge in [0.15, 0.2) is 6.61 Å². The Bertz CT molecular complexity index is 451. The van der Waals surface area contributed by atoms with Gasteiger partial charge in [-0.05, 0) is 31.5 Å². The largest absolute Gasteiger partial charge is 0.482 e. The Morgan fingerprint density at radius 2 is 2.24 bits per heavy atom. The fourth-order valence-corrected chi connectivity index (χ4v) is 2.63. The molecule has 1 unspecified atom stereocenters. The zero-order valence-electron chi connectivity index (χ0n) is 12.2. The molecule has 1 aromatic carbocycles. The van der Waals surface area contributed by atoms with Gasteiger partial charge in [-0.25, -0.2) is 0 Å². The third-order valence-electron chi connectivity index (χ3n) is 3.45. The summed E-state index contributed by atoms with van der Waals surface area (Å²) in [6.07, 6.45) is 1.96. The highest BCUT2D eigenvalue weighted by Crippen LogP contribution is 2.23. The quantitative estimate of drug-likeness (QED) is 0.870. The molecule has 1 amide bonds. The SMILES string of the molecule is CCCN(C(=O)COc1ccccc1Cl)C1CCNC1.Cl. The third kappa shape index (κ3) is 5.06. The van der Waals surface area contributed by atoms with Crippen LogP contribution in [0.1, 0.15) is 19.8 Å². The summed E-state index contributed by atoms with van der Waals surface area (Å²) in [6.45, 7) is 4.75. The first-order valence-corrected chi connectivity index (χ1v) is 7.47. The Labute approximate surface area is 137 Å². The first-order valence-electron chi connectivity index (χ1n) is 7.10. The van der Waals surface area contributed by atoms with Crippen LogP contribution < -0.4 is 10.1 Å². The number of nitrogens with zero attached hydrogens (tertiary/aromatic N) is 1. The number of halogens is 2. The topological polar surface area (TPSA) is 41.6 Å². The predicted molar refractivity (Wildman–Crippen MR) is 87.5 cm³/mol. The van der Waals surface area contributed by atoms with E-state index >= 15 is 0 Å². The molecule has 1 N–H and O–H groups in total. The number of ether oxygens (including phenoxy) is 1. The molecule has 6 heteroatoms. The molecule has 118 valence electrons. The van der Waals surface area contributed by atoms with Crippen LogP contribution in [0.5, 0.6) is 5.75 Å². The van der Waals surface area contributed by atoms with Crippen LogP contribution in [0.15, 0.2) is 24.3 Å². The van der Waals surface area contributed by atoms with Crippen LogP contribution in [0.25, 0.3) is 0 Å². The van der Waals surface area contributed by atoms with Crippen LogP contribution in [0, 0.1) is 0 Å². The smallest absolute Gasteiger partial charge is 0.260 e. The Balaban J connectivity index is 0.00000220.